The van der Waals surface area contributed by atoms with Gasteiger partial charge in [0.1, 0.15) is 12.4 Å². The van der Waals surface area contributed by atoms with E-state index in [0.29, 0.717) is 19.2 Å². The van der Waals surface area contributed by atoms with Crippen molar-refractivity contribution in [1.29, 1.82) is 0 Å². The minimum absolute atomic E-state index is 0.0594. The molecule has 1 aromatic rings. The molecule has 0 spiro atoms. The van der Waals surface area contributed by atoms with E-state index in [0.717, 1.165) is 24.3 Å². The number of para-hydroxylation sites is 1. The highest BCUT2D eigenvalue weighted by atomic mass is 16.5. The Morgan fingerprint density at radius 3 is 2.95 bits per heavy atom. The molecule has 1 amide bonds. The van der Waals surface area contributed by atoms with Crippen molar-refractivity contribution in [2.75, 3.05) is 19.7 Å². The Balaban J connectivity index is 1.45. The van der Waals surface area contributed by atoms with Gasteiger partial charge in [0, 0.05) is 19.1 Å². The lowest BCUT2D eigenvalue weighted by atomic mass is 9.96. The molecule has 1 saturated carbocycles. The van der Waals surface area contributed by atoms with E-state index in [1.54, 1.807) is 0 Å². The largest absolute Gasteiger partial charge is 0.492 e. The first-order valence-corrected chi connectivity index (χ1v) is 7.05. The van der Waals surface area contributed by atoms with E-state index >= 15 is 0 Å². The lowest BCUT2D eigenvalue weighted by Gasteiger charge is -2.24. The predicted octanol–water partition coefficient (Wildman–Crippen LogP) is 1.11. The average molecular weight is 260 g/mol. The maximum Gasteiger partial charge on any atom is 0.226 e. The maximum absolute atomic E-state index is 12.0. The molecule has 2 N–H and O–H groups in total. The van der Waals surface area contributed by atoms with E-state index in [9.17, 15) is 4.79 Å². The van der Waals surface area contributed by atoms with Gasteiger partial charge in [0.15, 0.2) is 0 Å². The van der Waals surface area contributed by atoms with Gasteiger partial charge in [-0.3, -0.25) is 4.79 Å². The van der Waals surface area contributed by atoms with Crippen LogP contribution in [0.4, 0.5) is 0 Å². The molecule has 19 heavy (non-hydrogen) atoms. The Hall–Kier alpha value is -1.55. The van der Waals surface area contributed by atoms with Crippen LogP contribution < -0.4 is 15.4 Å². The third kappa shape index (κ3) is 3.26. The Bertz CT molecular complexity index is 457. The van der Waals surface area contributed by atoms with Crippen LogP contribution in [0, 0.1) is 5.92 Å². The third-order valence-electron chi connectivity index (χ3n) is 3.68. The molecule has 1 aliphatic carbocycles. The highest BCUT2D eigenvalue weighted by molar-refractivity contribution is 5.79. The summed E-state index contributed by atoms with van der Waals surface area (Å²) in [6, 6.07) is 8.64. The highest BCUT2D eigenvalue weighted by Crippen LogP contribution is 2.26. The first kappa shape index (κ1) is 12.5. The van der Waals surface area contributed by atoms with Gasteiger partial charge in [0.05, 0.1) is 5.92 Å². The smallest absolute Gasteiger partial charge is 0.226 e. The van der Waals surface area contributed by atoms with Gasteiger partial charge in [-0.25, -0.2) is 0 Å². The number of amides is 1. The summed E-state index contributed by atoms with van der Waals surface area (Å²) in [7, 11) is 0. The van der Waals surface area contributed by atoms with Gasteiger partial charge in [-0.05, 0) is 30.9 Å². The molecular formula is C15H20N2O2. The molecule has 1 atom stereocenters. The zero-order chi connectivity index (χ0) is 13.1. The molecule has 1 unspecified atom stereocenters. The summed E-state index contributed by atoms with van der Waals surface area (Å²) in [5.74, 6) is 0.963. The lowest BCUT2D eigenvalue weighted by Crippen LogP contribution is -2.40. The second kappa shape index (κ2) is 5.61. The quantitative estimate of drug-likeness (QED) is 0.780. The van der Waals surface area contributed by atoms with Crippen LogP contribution in [0.15, 0.2) is 24.3 Å². The second-order valence-corrected chi connectivity index (χ2v) is 5.34. The normalized spacial score (nSPS) is 21.4. The fourth-order valence-corrected chi connectivity index (χ4v) is 2.39. The fourth-order valence-electron chi connectivity index (χ4n) is 2.39. The minimum atomic E-state index is -0.0594. The monoisotopic (exact) mass is 260 g/mol. The molecule has 0 bridgehead atoms. The van der Waals surface area contributed by atoms with Gasteiger partial charge >= 0.3 is 0 Å². The van der Waals surface area contributed by atoms with Crippen molar-refractivity contribution in [3.8, 4) is 5.75 Å². The van der Waals surface area contributed by atoms with Crippen LogP contribution in [-0.4, -0.2) is 31.6 Å². The van der Waals surface area contributed by atoms with Crippen molar-refractivity contribution >= 4 is 5.91 Å². The van der Waals surface area contributed by atoms with Crippen molar-refractivity contribution in [2.45, 2.75) is 25.3 Å². The van der Waals surface area contributed by atoms with Crippen molar-refractivity contribution < 1.29 is 9.53 Å². The van der Waals surface area contributed by atoms with Crippen LogP contribution in [-0.2, 0) is 11.2 Å². The van der Waals surface area contributed by atoms with Crippen LogP contribution in [0.5, 0.6) is 5.75 Å². The zero-order valence-electron chi connectivity index (χ0n) is 11.0. The highest BCUT2D eigenvalue weighted by Gasteiger charge is 2.25. The van der Waals surface area contributed by atoms with E-state index < -0.39 is 0 Å². The van der Waals surface area contributed by atoms with Gasteiger partial charge in [0.25, 0.3) is 0 Å². The lowest BCUT2D eigenvalue weighted by molar-refractivity contribution is -0.126. The number of carbonyl (C=O) groups excluding carboxylic acids is 1. The number of carbonyl (C=O) groups is 1. The predicted molar refractivity (Wildman–Crippen MR) is 73.2 cm³/mol. The molecule has 1 heterocycles. The number of benzene rings is 1. The van der Waals surface area contributed by atoms with Gasteiger partial charge in [-0.2, -0.15) is 0 Å². The van der Waals surface area contributed by atoms with E-state index in [-0.39, 0.29) is 11.8 Å². The number of ether oxygens (including phenoxy) is 1. The van der Waals surface area contributed by atoms with Crippen molar-refractivity contribution in [1.82, 2.24) is 10.6 Å². The molecule has 1 aliphatic heterocycles. The SMILES string of the molecule is O=C(NCCNC1CC1)C1COc2ccccc2C1. The Morgan fingerprint density at radius 1 is 1.26 bits per heavy atom. The number of hydrogen-bond donors (Lipinski definition) is 2. The third-order valence-corrected chi connectivity index (χ3v) is 3.68. The topological polar surface area (TPSA) is 50.4 Å². The van der Waals surface area contributed by atoms with Crippen LogP contribution in [0.2, 0.25) is 0 Å². The minimum Gasteiger partial charge on any atom is -0.492 e. The molecule has 0 aromatic heterocycles. The Morgan fingerprint density at radius 2 is 2.11 bits per heavy atom. The molecule has 4 nitrogen and oxygen atoms in total. The molecule has 1 aromatic carbocycles. The fraction of sp³-hybridized carbons (Fsp3) is 0.533. The number of hydrogen-bond acceptors (Lipinski definition) is 3. The molecule has 1 fully saturated rings. The molecule has 2 aliphatic rings. The van der Waals surface area contributed by atoms with Gasteiger partial charge in [-0.15, -0.1) is 0 Å². The van der Waals surface area contributed by atoms with Crippen LogP contribution in [0.3, 0.4) is 0 Å². The second-order valence-electron chi connectivity index (χ2n) is 5.34. The van der Waals surface area contributed by atoms with Gasteiger partial charge < -0.3 is 15.4 Å². The van der Waals surface area contributed by atoms with Crippen LogP contribution in [0.25, 0.3) is 0 Å². The first-order valence-electron chi connectivity index (χ1n) is 7.05. The summed E-state index contributed by atoms with van der Waals surface area (Å²) in [4.78, 5) is 12.0. The van der Waals surface area contributed by atoms with E-state index in [1.807, 2.05) is 24.3 Å². The first-order chi connectivity index (χ1) is 9.33. The van der Waals surface area contributed by atoms with Crippen molar-refractivity contribution in [3.05, 3.63) is 29.8 Å². The molecule has 102 valence electrons. The van der Waals surface area contributed by atoms with Gasteiger partial charge in [-0.1, -0.05) is 18.2 Å². The van der Waals surface area contributed by atoms with E-state index in [4.69, 9.17) is 4.74 Å². The molecule has 0 radical (unpaired) electrons. The number of fused-ring (bicyclic) bond motifs is 1. The molecule has 4 heteroatoms. The summed E-state index contributed by atoms with van der Waals surface area (Å²) < 4.78 is 5.64. The Kier molecular flexibility index (Phi) is 3.69. The summed E-state index contributed by atoms with van der Waals surface area (Å²) in [5.41, 5.74) is 1.13. The summed E-state index contributed by atoms with van der Waals surface area (Å²) >= 11 is 0. The molecular weight excluding hydrogens is 240 g/mol. The average Bonchev–Trinajstić information content (AvgIpc) is 3.27. The number of nitrogens with one attached hydrogen (secondary N) is 2. The van der Waals surface area contributed by atoms with Crippen molar-refractivity contribution in [2.24, 2.45) is 5.92 Å². The van der Waals surface area contributed by atoms with Crippen molar-refractivity contribution in [3.63, 3.8) is 0 Å². The van der Waals surface area contributed by atoms with E-state index in [2.05, 4.69) is 10.6 Å². The maximum atomic E-state index is 12.0. The molecule has 3 rings (SSSR count). The van der Waals surface area contributed by atoms with Gasteiger partial charge in [0.2, 0.25) is 5.91 Å². The van der Waals surface area contributed by atoms with Crippen LogP contribution >= 0.6 is 0 Å². The standard InChI is InChI=1S/C15H20N2O2/c18-15(17-8-7-16-13-5-6-13)12-9-11-3-1-2-4-14(11)19-10-12/h1-4,12-13,16H,5-10H2,(H,17,18). The number of rotatable bonds is 5. The van der Waals surface area contributed by atoms with E-state index in [1.165, 1.54) is 12.8 Å². The summed E-state index contributed by atoms with van der Waals surface area (Å²) in [6.45, 7) is 2.05. The zero-order valence-corrected chi connectivity index (χ0v) is 11.0. The Labute approximate surface area is 113 Å². The van der Waals surface area contributed by atoms with Crippen LogP contribution in [0.1, 0.15) is 18.4 Å². The summed E-state index contributed by atoms with van der Waals surface area (Å²) in [5, 5.41) is 6.37. The molecule has 0 saturated heterocycles. The summed E-state index contributed by atoms with van der Waals surface area (Å²) in [6.07, 6.45) is 3.33.